The molecule has 1 aliphatic heterocycles. The number of nitrogens with one attached hydrogen (secondary N) is 1. The largest absolute Gasteiger partial charge is 0.490 e. The van der Waals surface area contributed by atoms with E-state index in [2.05, 4.69) is 25.5 Å². The Labute approximate surface area is 134 Å². The molecule has 0 atom stereocenters. The van der Waals surface area contributed by atoms with Crippen LogP contribution in [0.3, 0.4) is 0 Å². The summed E-state index contributed by atoms with van der Waals surface area (Å²) in [7, 11) is 0. The van der Waals surface area contributed by atoms with Crippen LogP contribution in [0.25, 0.3) is 11.6 Å². The Kier molecular flexibility index (Phi) is 5.79. The summed E-state index contributed by atoms with van der Waals surface area (Å²) >= 11 is 0. The summed E-state index contributed by atoms with van der Waals surface area (Å²) in [5.74, 6) is -1.22. The van der Waals surface area contributed by atoms with Crippen molar-refractivity contribution < 1.29 is 27.5 Å². The maximum atomic E-state index is 10.6. The Balaban J connectivity index is 0.000000256. The topological polar surface area (TPSA) is 114 Å². The smallest absolute Gasteiger partial charge is 0.475 e. The molecule has 1 aliphatic rings. The Morgan fingerprint density at radius 3 is 2.46 bits per heavy atom. The number of nitrogens with zero attached hydrogens (tertiary/aromatic N) is 4. The van der Waals surface area contributed by atoms with Gasteiger partial charge in [0.15, 0.2) is 0 Å². The van der Waals surface area contributed by atoms with E-state index in [0.717, 1.165) is 25.9 Å². The Morgan fingerprint density at radius 1 is 1.25 bits per heavy atom. The van der Waals surface area contributed by atoms with Crippen LogP contribution in [-0.2, 0) is 4.79 Å². The van der Waals surface area contributed by atoms with E-state index in [0.29, 0.717) is 23.4 Å². The van der Waals surface area contributed by atoms with Crippen molar-refractivity contribution in [2.75, 3.05) is 13.1 Å². The molecule has 2 aromatic rings. The zero-order valence-electron chi connectivity index (χ0n) is 12.3. The predicted octanol–water partition coefficient (Wildman–Crippen LogP) is 1.63. The van der Waals surface area contributed by atoms with Crippen molar-refractivity contribution in [2.45, 2.75) is 24.9 Å². The van der Waals surface area contributed by atoms with Crippen LogP contribution >= 0.6 is 0 Å². The maximum Gasteiger partial charge on any atom is 0.490 e. The number of rotatable bonds is 2. The highest BCUT2D eigenvalue weighted by atomic mass is 19.4. The van der Waals surface area contributed by atoms with Crippen LogP contribution < -0.4 is 5.32 Å². The summed E-state index contributed by atoms with van der Waals surface area (Å²) in [5.41, 5.74) is 0.625. The summed E-state index contributed by atoms with van der Waals surface area (Å²) in [5, 5.41) is 18.6. The lowest BCUT2D eigenvalue weighted by Gasteiger charge is -2.18. The van der Waals surface area contributed by atoms with Crippen LogP contribution in [0.5, 0.6) is 0 Å². The zero-order chi connectivity index (χ0) is 17.6. The van der Waals surface area contributed by atoms with E-state index in [1.54, 1.807) is 18.6 Å². The van der Waals surface area contributed by atoms with Crippen molar-refractivity contribution in [1.82, 2.24) is 25.5 Å². The second-order valence-corrected chi connectivity index (χ2v) is 4.86. The molecule has 8 nitrogen and oxygen atoms in total. The van der Waals surface area contributed by atoms with Crippen molar-refractivity contribution in [3.63, 3.8) is 0 Å². The standard InChI is InChI=1S/C11H13N5O.C2HF3O2/c1-3-12-4-2-8(1)10-15-16-11(17-10)9-7-13-5-6-14-9;3-2(4,5)1(6)7/h5-8,12H,1-4H2;(H,6,7). The summed E-state index contributed by atoms with van der Waals surface area (Å²) in [6.45, 7) is 2.01. The van der Waals surface area contributed by atoms with Crippen LogP contribution in [0.1, 0.15) is 24.7 Å². The lowest BCUT2D eigenvalue weighted by Crippen LogP contribution is -2.26. The Hall–Kier alpha value is -2.56. The SMILES string of the molecule is O=C(O)C(F)(F)F.c1cnc(-c2nnc(C3CCNCC3)o2)cn1. The highest BCUT2D eigenvalue weighted by molar-refractivity contribution is 5.73. The van der Waals surface area contributed by atoms with Crippen LogP contribution in [0.2, 0.25) is 0 Å². The first-order valence-electron chi connectivity index (χ1n) is 6.98. The molecule has 0 saturated carbocycles. The first kappa shape index (κ1) is 17.8. The number of carboxylic acid groups (broad SMARTS) is 1. The number of hydrogen-bond donors (Lipinski definition) is 2. The second kappa shape index (κ2) is 7.81. The molecule has 11 heteroatoms. The molecular weight excluding hydrogens is 331 g/mol. The van der Waals surface area contributed by atoms with E-state index in [1.807, 2.05) is 0 Å². The van der Waals surface area contributed by atoms with E-state index < -0.39 is 12.1 Å². The molecule has 0 spiro atoms. The molecular formula is C13H14F3N5O3. The molecule has 0 bridgehead atoms. The number of carbonyl (C=O) groups is 1. The van der Waals surface area contributed by atoms with Gasteiger partial charge in [-0.2, -0.15) is 13.2 Å². The minimum absolute atomic E-state index is 0.370. The minimum atomic E-state index is -5.08. The molecule has 1 saturated heterocycles. The van der Waals surface area contributed by atoms with Gasteiger partial charge in [0.2, 0.25) is 5.89 Å². The summed E-state index contributed by atoms with van der Waals surface area (Å²) in [6.07, 6.45) is 1.86. The normalized spacial score (nSPS) is 15.5. The highest BCUT2D eigenvalue weighted by Crippen LogP contribution is 2.25. The van der Waals surface area contributed by atoms with Crippen LogP contribution in [0, 0.1) is 0 Å². The van der Waals surface area contributed by atoms with E-state index >= 15 is 0 Å². The lowest BCUT2D eigenvalue weighted by atomic mass is 9.98. The highest BCUT2D eigenvalue weighted by Gasteiger charge is 2.38. The number of carboxylic acids is 1. The quantitative estimate of drug-likeness (QED) is 0.844. The molecule has 0 aliphatic carbocycles. The summed E-state index contributed by atoms with van der Waals surface area (Å²) < 4.78 is 37.4. The second-order valence-electron chi connectivity index (χ2n) is 4.86. The van der Waals surface area contributed by atoms with Gasteiger partial charge < -0.3 is 14.8 Å². The first-order valence-corrected chi connectivity index (χ1v) is 6.98. The van der Waals surface area contributed by atoms with Crippen molar-refractivity contribution >= 4 is 5.97 Å². The third-order valence-corrected chi connectivity index (χ3v) is 3.15. The van der Waals surface area contributed by atoms with Gasteiger partial charge in [-0.3, -0.25) is 4.98 Å². The van der Waals surface area contributed by atoms with Gasteiger partial charge in [-0.1, -0.05) is 0 Å². The molecule has 3 rings (SSSR count). The van der Waals surface area contributed by atoms with Gasteiger partial charge in [-0.05, 0) is 25.9 Å². The monoisotopic (exact) mass is 345 g/mol. The minimum Gasteiger partial charge on any atom is -0.475 e. The molecule has 24 heavy (non-hydrogen) atoms. The molecule has 2 N–H and O–H groups in total. The summed E-state index contributed by atoms with van der Waals surface area (Å²) in [4.78, 5) is 17.0. The van der Waals surface area contributed by atoms with Crippen LogP contribution in [-0.4, -0.2) is 50.5 Å². The van der Waals surface area contributed by atoms with E-state index in [4.69, 9.17) is 14.3 Å². The number of piperidine rings is 1. The van der Waals surface area contributed by atoms with Gasteiger partial charge in [0.1, 0.15) is 5.69 Å². The van der Waals surface area contributed by atoms with Crippen LogP contribution in [0.15, 0.2) is 23.0 Å². The number of alkyl halides is 3. The maximum absolute atomic E-state index is 10.6. The van der Waals surface area contributed by atoms with Gasteiger partial charge >= 0.3 is 12.1 Å². The van der Waals surface area contributed by atoms with Crippen LogP contribution in [0.4, 0.5) is 13.2 Å². The van der Waals surface area contributed by atoms with Gasteiger partial charge in [0, 0.05) is 18.3 Å². The van der Waals surface area contributed by atoms with Gasteiger partial charge in [0.25, 0.3) is 5.89 Å². The molecule has 3 heterocycles. The molecule has 1 fully saturated rings. The first-order chi connectivity index (χ1) is 11.4. The number of aromatic nitrogens is 4. The third kappa shape index (κ3) is 4.98. The molecule has 130 valence electrons. The van der Waals surface area contributed by atoms with Crippen molar-refractivity contribution in [3.05, 3.63) is 24.5 Å². The number of aliphatic carboxylic acids is 1. The molecule has 0 radical (unpaired) electrons. The molecule has 2 aromatic heterocycles. The van der Waals surface area contributed by atoms with E-state index in [-0.39, 0.29) is 0 Å². The average molecular weight is 345 g/mol. The van der Waals surface area contributed by atoms with E-state index in [9.17, 15) is 13.2 Å². The zero-order valence-corrected chi connectivity index (χ0v) is 12.3. The Bertz CT molecular complexity index is 656. The lowest BCUT2D eigenvalue weighted by molar-refractivity contribution is -0.192. The van der Waals surface area contributed by atoms with Crippen molar-refractivity contribution in [2.24, 2.45) is 0 Å². The fourth-order valence-corrected chi connectivity index (χ4v) is 1.98. The van der Waals surface area contributed by atoms with Gasteiger partial charge in [0.05, 0.1) is 6.20 Å². The van der Waals surface area contributed by atoms with Crippen molar-refractivity contribution in [3.8, 4) is 11.6 Å². The molecule has 0 amide bonds. The fourth-order valence-electron chi connectivity index (χ4n) is 1.98. The number of hydrogen-bond acceptors (Lipinski definition) is 7. The fraction of sp³-hybridized carbons (Fsp3) is 0.462. The third-order valence-electron chi connectivity index (χ3n) is 3.15. The molecule has 0 unspecified atom stereocenters. The summed E-state index contributed by atoms with van der Waals surface area (Å²) in [6, 6.07) is 0. The Morgan fingerprint density at radius 2 is 1.92 bits per heavy atom. The van der Waals surface area contributed by atoms with Gasteiger partial charge in [-0.25, -0.2) is 9.78 Å². The van der Waals surface area contributed by atoms with Crippen molar-refractivity contribution in [1.29, 1.82) is 0 Å². The predicted molar refractivity (Wildman–Crippen MR) is 73.9 cm³/mol. The number of halogens is 3. The van der Waals surface area contributed by atoms with E-state index in [1.165, 1.54) is 0 Å². The molecule has 0 aromatic carbocycles. The van der Waals surface area contributed by atoms with Gasteiger partial charge in [-0.15, -0.1) is 10.2 Å². The average Bonchev–Trinajstić information content (AvgIpc) is 3.06.